The number of aromatic hydroxyl groups is 1. The number of phenols is 1. The first-order valence-electron chi connectivity index (χ1n) is 9.37. The molecule has 1 atom stereocenters. The van der Waals surface area contributed by atoms with Crippen molar-refractivity contribution in [3.63, 3.8) is 0 Å². The van der Waals surface area contributed by atoms with Crippen molar-refractivity contribution >= 4 is 5.97 Å². The van der Waals surface area contributed by atoms with E-state index < -0.39 is 35.5 Å². The summed E-state index contributed by atoms with van der Waals surface area (Å²) in [6, 6.07) is 12.0. The number of aliphatic carboxylic acids is 1. The molecule has 0 spiro atoms. The Bertz CT molecular complexity index is 1110. The smallest absolute Gasteiger partial charge is 0.344 e. The summed E-state index contributed by atoms with van der Waals surface area (Å²) in [5, 5.41) is 19.1. The van der Waals surface area contributed by atoms with Gasteiger partial charge in [-0.2, -0.15) is 4.98 Å². The number of phenolic OH excluding ortho intramolecular Hbond substituents is 1. The lowest BCUT2D eigenvalue weighted by molar-refractivity contribution is -0.145. The molecule has 0 aliphatic heterocycles. The van der Waals surface area contributed by atoms with Crippen molar-refractivity contribution in [3.05, 3.63) is 65.7 Å². The predicted octanol–water partition coefficient (Wildman–Crippen LogP) is 4.23. The van der Waals surface area contributed by atoms with Gasteiger partial charge in [0, 0.05) is 18.7 Å². The average molecular weight is 430 g/mol. The number of aromatic nitrogens is 1. The summed E-state index contributed by atoms with van der Waals surface area (Å²) < 4.78 is 38.7. The maximum Gasteiger partial charge on any atom is 0.344 e. The second-order valence-corrected chi connectivity index (χ2v) is 6.64. The highest BCUT2D eigenvalue weighted by Gasteiger charge is 2.22. The van der Waals surface area contributed by atoms with Gasteiger partial charge in [-0.15, -0.1) is 0 Å². The van der Waals surface area contributed by atoms with Crippen molar-refractivity contribution in [1.82, 2.24) is 4.98 Å². The summed E-state index contributed by atoms with van der Waals surface area (Å²) >= 11 is 0. The fourth-order valence-electron chi connectivity index (χ4n) is 2.83. The minimum atomic E-state index is -1.36. The van der Waals surface area contributed by atoms with E-state index in [0.29, 0.717) is 18.2 Å². The number of pyridine rings is 1. The van der Waals surface area contributed by atoms with Crippen molar-refractivity contribution in [2.45, 2.75) is 26.0 Å². The molecule has 4 N–H and O–H groups in total. The van der Waals surface area contributed by atoms with Gasteiger partial charge < -0.3 is 25.4 Å². The van der Waals surface area contributed by atoms with E-state index in [2.05, 4.69) is 4.98 Å². The van der Waals surface area contributed by atoms with Gasteiger partial charge in [-0.1, -0.05) is 25.1 Å². The summed E-state index contributed by atoms with van der Waals surface area (Å²) in [6.45, 7) is 1.87. The Hall–Kier alpha value is -3.72. The minimum Gasteiger partial charge on any atom is -0.508 e. The Morgan fingerprint density at radius 1 is 1.10 bits per heavy atom. The van der Waals surface area contributed by atoms with Crippen molar-refractivity contribution in [3.8, 4) is 34.4 Å². The van der Waals surface area contributed by atoms with Gasteiger partial charge in [0.2, 0.25) is 0 Å². The van der Waals surface area contributed by atoms with Gasteiger partial charge >= 0.3 is 5.97 Å². The molecule has 31 heavy (non-hydrogen) atoms. The summed E-state index contributed by atoms with van der Waals surface area (Å²) in [6.07, 6.45) is -1.32. The molecular formula is C22H20F2N2O5. The predicted molar refractivity (Wildman–Crippen MR) is 108 cm³/mol. The van der Waals surface area contributed by atoms with E-state index in [-0.39, 0.29) is 17.9 Å². The molecule has 0 bridgehead atoms. The Kier molecular flexibility index (Phi) is 6.66. The van der Waals surface area contributed by atoms with E-state index >= 15 is 0 Å². The van der Waals surface area contributed by atoms with Gasteiger partial charge in [-0.05, 0) is 41.3 Å². The largest absolute Gasteiger partial charge is 0.508 e. The number of rotatable bonds is 8. The Morgan fingerprint density at radius 3 is 2.52 bits per heavy atom. The highest BCUT2D eigenvalue weighted by Crippen LogP contribution is 2.33. The molecule has 0 aliphatic rings. The van der Waals surface area contributed by atoms with Crippen LogP contribution in [0.2, 0.25) is 0 Å². The number of benzene rings is 2. The number of halogens is 2. The molecule has 3 aromatic rings. The van der Waals surface area contributed by atoms with Crippen LogP contribution < -0.4 is 15.2 Å². The first-order chi connectivity index (χ1) is 14.8. The summed E-state index contributed by atoms with van der Waals surface area (Å²) in [7, 11) is 0. The van der Waals surface area contributed by atoms with Gasteiger partial charge in [0.15, 0.2) is 17.7 Å². The van der Waals surface area contributed by atoms with E-state index in [9.17, 15) is 18.7 Å². The summed E-state index contributed by atoms with van der Waals surface area (Å²) in [4.78, 5) is 14.8. The number of ether oxygens (including phenoxy) is 2. The zero-order valence-corrected chi connectivity index (χ0v) is 16.5. The van der Waals surface area contributed by atoms with Crippen molar-refractivity contribution in [2.75, 3.05) is 0 Å². The quantitative estimate of drug-likeness (QED) is 0.490. The Balaban J connectivity index is 1.94. The van der Waals surface area contributed by atoms with Crippen molar-refractivity contribution in [2.24, 2.45) is 5.73 Å². The molecular weight excluding hydrogens is 410 g/mol. The highest BCUT2D eigenvalue weighted by atomic mass is 19.1. The van der Waals surface area contributed by atoms with E-state index in [1.54, 1.807) is 12.1 Å². The fourth-order valence-corrected chi connectivity index (χ4v) is 2.83. The maximum absolute atomic E-state index is 14.2. The third-order valence-corrected chi connectivity index (χ3v) is 4.37. The number of hydrogen-bond donors (Lipinski definition) is 3. The van der Waals surface area contributed by atoms with Crippen LogP contribution in [-0.4, -0.2) is 27.3 Å². The van der Waals surface area contributed by atoms with Crippen LogP contribution in [0.5, 0.6) is 23.3 Å². The maximum atomic E-state index is 14.2. The van der Waals surface area contributed by atoms with Crippen molar-refractivity contribution in [1.29, 1.82) is 0 Å². The molecule has 0 radical (unpaired) electrons. The van der Waals surface area contributed by atoms with Gasteiger partial charge in [0.05, 0.1) is 0 Å². The third-order valence-electron chi connectivity index (χ3n) is 4.37. The molecule has 0 saturated heterocycles. The molecule has 0 amide bonds. The van der Waals surface area contributed by atoms with Gasteiger partial charge in [0.1, 0.15) is 11.5 Å². The molecule has 0 saturated carbocycles. The molecule has 3 rings (SSSR count). The van der Waals surface area contributed by atoms with Crippen LogP contribution >= 0.6 is 0 Å². The topological polar surface area (TPSA) is 115 Å². The number of carboxylic acid groups (broad SMARTS) is 1. The summed E-state index contributed by atoms with van der Waals surface area (Å²) in [5.41, 5.74) is 7.85. The lowest BCUT2D eigenvalue weighted by Gasteiger charge is -2.14. The number of nitrogens with two attached hydrogens (primary N) is 1. The molecule has 162 valence electrons. The minimum absolute atomic E-state index is 0.0300. The monoisotopic (exact) mass is 430 g/mol. The number of hydrogen-bond acceptors (Lipinski definition) is 6. The van der Waals surface area contributed by atoms with Crippen LogP contribution in [0, 0.1) is 11.6 Å². The zero-order chi connectivity index (χ0) is 22.5. The molecule has 7 nitrogen and oxygen atoms in total. The van der Waals surface area contributed by atoms with Crippen LogP contribution in [0.25, 0.3) is 11.1 Å². The normalized spacial score (nSPS) is 11.7. The third kappa shape index (κ3) is 5.26. The molecule has 0 fully saturated rings. The van der Waals surface area contributed by atoms with Crippen LogP contribution in [0.15, 0.2) is 48.5 Å². The van der Waals surface area contributed by atoms with Crippen LogP contribution in [0.3, 0.4) is 0 Å². The Labute approximate surface area is 176 Å². The first kappa shape index (κ1) is 22.0. The highest BCUT2D eigenvalue weighted by molar-refractivity contribution is 5.72. The molecule has 9 heteroatoms. The van der Waals surface area contributed by atoms with Crippen LogP contribution in [0.1, 0.15) is 18.9 Å². The molecule has 1 aromatic heterocycles. The Morgan fingerprint density at radius 2 is 1.84 bits per heavy atom. The number of carbonyl (C=O) groups is 1. The van der Waals surface area contributed by atoms with E-state index in [4.69, 9.17) is 20.3 Å². The van der Waals surface area contributed by atoms with E-state index in [1.807, 2.05) is 12.1 Å². The molecule has 0 aliphatic carbocycles. The number of nitrogens with zero attached hydrogens (tertiary/aromatic N) is 1. The number of carboxylic acids is 1. The second kappa shape index (κ2) is 9.40. The van der Waals surface area contributed by atoms with Gasteiger partial charge in [0.25, 0.3) is 11.8 Å². The molecule has 1 heterocycles. The van der Waals surface area contributed by atoms with Crippen LogP contribution in [-0.2, 0) is 11.3 Å². The molecule has 1 unspecified atom stereocenters. The lowest BCUT2D eigenvalue weighted by Crippen LogP contribution is -2.26. The summed E-state index contributed by atoms with van der Waals surface area (Å²) in [5.74, 6) is -5.06. The lowest BCUT2D eigenvalue weighted by atomic mass is 10.0. The first-order valence-corrected chi connectivity index (χ1v) is 9.37. The second-order valence-electron chi connectivity index (χ2n) is 6.64. The average Bonchev–Trinajstić information content (AvgIpc) is 2.74. The van der Waals surface area contributed by atoms with E-state index in [0.717, 1.165) is 11.1 Å². The van der Waals surface area contributed by atoms with Crippen LogP contribution in [0.4, 0.5) is 8.78 Å². The molecule has 2 aromatic carbocycles. The van der Waals surface area contributed by atoms with E-state index in [1.165, 1.54) is 25.1 Å². The van der Waals surface area contributed by atoms with Gasteiger partial charge in [-0.25, -0.2) is 13.6 Å². The van der Waals surface area contributed by atoms with Crippen molar-refractivity contribution < 1.29 is 33.3 Å². The zero-order valence-electron chi connectivity index (χ0n) is 16.5. The SMILES string of the molecule is CCC(Oc1nc(Oc2cc(O)cc(-c3cccc(CN)c3)c2)c(F)cc1F)C(=O)O. The van der Waals surface area contributed by atoms with Gasteiger partial charge in [-0.3, -0.25) is 0 Å². The standard InChI is InChI=1S/C22H20F2N2O5/c1-2-19(22(28)29)31-21-18(24)10-17(23)20(26-21)30-16-8-14(7-15(27)9-16)13-5-3-4-12(6-13)11-25/h3-10,19,27H,2,11,25H2,1H3,(H,28,29). The fraction of sp³-hybridized carbons (Fsp3) is 0.182.